The van der Waals surface area contributed by atoms with Crippen LogP contribution in [0.25, 0.3) is 11.3 Å². The smallest absolute Gasteiger partial charge is 0.276 e. The highest BCUT2D eigenvalue weighted by atomic mass is 16.5. The van der Waals surface area contributed by atoms with E-state index in [0.29, 0.717) is 31.3 Å². The molecule has 0 unspecified atom stereocenters. The summed E-state index contributed by atoms with van der Waals surface area (Å²) in [6, 6.07) is 8.71. The van der Waals surface area contributed by atoms with Gasteiger partial charge >= 0.3 is 0 Å². The summed E-state index contributed by atoms with van der Waals surface area (Å²) in [4.78, 5) is 30.4. The molecule has 0 spiro atoms. The number of nitrogens with zero attached hydrogens (tertiary/aromatic N) is 5. The Bertz CT molecular complexity index is 1060. The van der Waals surface area contributed by atoms with Crippen molar-refractivity contribution in [1.29, 1.82) is 0 Å². The lowest BCUT2D eigenvalue weighted by Gasteiger charge is -2.38. The van der Waals surface area contributed by atoms with Gasteiger partial charge in [-0.1, -0.05) is 5.16 Å². The molecule has 0 atom stereocenters. The van der Waals surface area contributed by atoms with Gasteiger partial charge in [-0.15, -0.1) is 0 Å². The van der Waals surface area contributed by atoms with Gasteiger partial charge in [-0.25, -0.2) is 4.68 Å². The van der Waals surface area contributed by atoms with Gasteiger partial charge in [-0.2, -0.15) is 5.10 Å². The molecule has 0 N–H and O–H groups in total. The maximum atomic E-state index is 12.6. The zero-order valence-corrected chi connectivity index (χ0v) is 15.2. The third kappa shape index (κ3) is 3.21. The van der Waals surface area contributed by atoms with E-state index in [1.54, 1.807) is 35.5 Å². The zero-order chi connectivity index (χ0) is 19.1. The van der Waals surface area contributed by atoms with E-state index >= 15 is 0 Å². The van der Waals surface area contributed by atoms with Crippen LogP contribution in [-0.2, 0) is 6.54 Å². The molecule has 1 amide bonds. The number of carbonyl (C=O) groups is 1. The number of carbonyl (C=O) groups excluding carboxylic acids is 1. The Morgan fingerprint density at radius 2 is 2.07 bits per heavy atom. The lowest BCUT2D eigenvalue weighted by molar-refractivity contribution is 0.0448. The molecule has 1 saturated heterocycles. The molecule has 28 heavy (non-hydrogen) atoms. The van der Waals surface area contributed by atoms with Gasteiger partial charge in [0.2, 0.25) is 0 Å². The van der Waals surface area contributed by atoms with E-state index in [9.17, 15) is 9.59 Å². The van der Waals surface area contributed by atoms with E-state index in [1.165, 1.54) is 4.68 Å². The van der Waals surface area contributed by atoms with Crippen molar-refractivity contribution in [3.05, 3.63) is 64.5 Å². The lowest BCUT2D eigenvalue weighted by Crippen LogP contribution is -2.52. The van der Waals surface area contributed by atoms with Gasteiger partial charge in [-0.3, -0.25) is 14.6 Å². The number of hydrogen-bond donors (Lipinski definition) is 0. The second kappa shape index (κ2) is 6.70. The molecular formula is C20H19N5O3. The molecule has 1 aliphatic carbocycles. The van der Waals surface area contributed by atoms with Crippen molar-refractivity contribution < 1.29 is 9.32 Å². The summed E-state index contributed by atoms with van der Waals surface area (Å²) < 4.78 is 6.82. The van der Waals surface area contributed by atoms with Gasteiger partial charge in [0.15, 0.2) is 11.5 Å². The molecular weight excluding hydrogens is 358 g/mol. The largest absolute Gasteiger partial charge is 0.355 e. The summed E-state index contributed by atoms with van der Waals surface area (Å²) in [5.74, 6) is 1.07. The third-order valence-corrected chi connectivity index (χ3v) is 5.23. The predicted octanol–water partition coefficient (Wildman–Crippen LogP) is 1.94. The van der Waals surface area contributed by atoms with Gasteiger partial charge in [0.25, 0.3) is 11.5 Å². The van der Waals surface area contributed by atoms with E-state index in [-0.39, 0.29) is 23.1 Å². The first-order chi connectivity index (χ1) is 13.7. The summed E-state index contributed by atoms with van der Waals surface area (Å²) in [6.07, 6.45) is 5.63. The van der Waals surface area contributed by atoms with Crippen LogP contribution in [0, 0.1) is 5.92 Å². The van der Waals surface area contributed by atoms with Crippen LogP contribution in [0.2, 0.25) is 0 Å². The van der Waals surface area contributed by atoms with Crippen molar-refractivity contribution in [2.24, 2.45) is 5.92 Å². The van der Waals surface area contributed by atoms with Crippen LogP contribution in [-0.4, -0.2) is 43.8 Å². The van der Waals surface area contributed by atoms with Crippen LogP contribution in [0.4, 0.5) is 0 Å². The summed E-state index contributed by atoms with van der Waals surface area (Å²) in [5.41, 5.74) is 1.96. The van der Waals surface area contributed by atoms with Crippen LogP contribution >= 0.6 is 0 Å². The number of hydrogen-bond acceptors (Lipinski definition) is 6. The molecule has 8 heteroatoms. The lowest BCUT2D eigenvalue weighted by atomic mass is 9.99. The van der Waals surface area contributed by atoms with Gasteiger partial charge < -0.3 is 9.42 Å². The molecule has 3 aromatic heterocycles. The second-order valence-corrected chi connectivity index (χ2v) is 7.45. The Balaban J connectivity index is 1.21. The van der Waals surface area contributed by atoms with Gasteiger partial charge in [-0.05, 0) is 31.0 Å². The Morgan fingerprint density at radius 1 is 1.21 bits per heavy atom. The standard InChI is InChI=1S/C20H19N5O3/c26-19-6-5-16(14-3-4-14)22-25(19)12-13-10-24(11-13)20(27)17-8-18(28-23-17)15-2-1-7-21-9-15/h1-2,5-9,13-14H,3-4,10-12H2. The van der Waals surface area contributed by atoms with E-state index < -0.39 is 0 Å². The van der Waals surface area contributed by atoms with Gasteiger partial charge in [0.05, 0.1) is 12.2 Å². The minimum atomic E-state index is -0.165. The molecule has 2 aliphatic rings. The minimum absolute atomic E-state index is 0.0909. The maximum absolute atomic E-state index is 12.6. The monoisotopic (exact) mass is 377 g/mol. The highest BCUT2D eigenvalue weighted by Gasteiger charge is 2.34. The number of likely N-dealkylation sites (tertiary alicyclic amines) is 1. The van der Waals surface area contributed by atoms with E-state index in [4.69, 9.17) is 4.52 Å². The van der Waals surface area contributed by atoms with Crippen LogP contribution in [0.1, 0.15) is 34.9 Å². The van der Waals surface area contributed by atoms with Gasteiger partial charge in [0, 0.05) is 55.0 Å². The quantitative estimate of drug-likeness (QED) is 0.674. The molecule has 3 aromatic rings. The average molecular weight is 377 g/mol. The summed E-state index contributed by atoms with van der Waals surface area (Å²) in [5, 5.41) is 8.38. The Labute approximate surface area is 160 Å². The molecule has 8 nitrogen and oxygen atoms in total. The number of pyridine rings is 1. The Morgan fingerprint density at radius 3 is 2.82 bits per heavy atom. The number of aromatic nitrogens is 4. The molecule has 1 saturated carbocycles. The Kier molecular flexibility index (Phi) is 4.03. The van der Waals surface area contributed by atoms with Crippen LogP contribution in [0.15, 0.2) is 52.0 Å². The normalized spacial score (nSPS) is 16.8. The van der Waals surface area contributed by atoms with Crippen molar-refractivity contribution in [3.63, 3.8) is 0 Å². The molecule has 0 aromatic carbocycles. The molecule has 1 aliphatic heterocycles. The predicted molar refractivity (Wildman–Crippen MR) is 99.6 cm³/mol. The molecule has 5 rings (SSSR count). The first kappa shape index (κ1) is 16.9. The Hall–Kier alpha value is -3.29. The van der Waals surface area contributed by atoms with Crippen molar-refractivity contribution in [2.75, 3.05) is 13.1 Å². The van der Waals surface area contributed by atoms with Crippen molar-refractivity contribution >= 4 is 5.91 Å². The number of rotatable bonds is 5. The highest BCUT2D eigenvalue weighted by molar-refractivity contribution is 5.93. The van der Waals surface area contributed by atoms with Crippen LogP contribution < -0.4 is 5.56 Å². The molecule has 142 valence electrons. The van der Waals surface area contributed by atoms with Crippen molar-refractivity contribution in [1.82, 2.24) is 24.8 Å². The highest BCUT2D eigenvalue weighted by Crippen LogP contribution is 2.38. The van der Waals surface area contributed by atoms with E-state index in [0.717, 1.165) is 24.1 Å². The number of amides is 1. The summed E-state index contributed by atoms with van der Waals surface area (Å²) in [6.45, 7) is 1.69. The van der Waals surface area contributed by atoms with Crippen LogP contribution in [0.5, 0.6) is 0 Å². The summed E-state index contributed by atoms with van der Waals surface area (Å²) >= 11 is 0. The van der Waals surface area contributed by atoms with Gasteiger partial charge in [0.1, 0.15) is 0 Å². The second-order valence-electron chi connectivity index (χ2n) is 7.45. The first-order valence-corrected chi connectivity index (χ1v) is 9.42. The van der Waals surface area contributed by atoms with E-state index in [2.05, 4.69) is 15.2 Å². The molecule has 4 heterocycles. The van der Waals surface area contributed by atoms with Crippen molar-refractivity contribution in [3.8, 4) is 11.3 Å². The molecule has 0 radical (unpaired) electrons. The average Bonchev–Trinajstić information content (AvgIpc) is 3.42. The molecule has 2 fully saturated rings. The SMILES string of the molecule is O=C(c1cc(-c2cccnc2)on1)N1CC(Cn2nc(C3CC3)ccc2=O)C1. The summed E-state index contributed by atoms with van der Waals surface area (Å²) in [7, 11) is 0. The fourth-order valence-corrected chi connectivity index (χ4v) is 3.47. The van der Waals surface area contributed by atoms with E-state index in [1.807, 2.05) is 12.1 Å². The maximum Gasteiger partial charge on any atom is 0.276 e. The topological polar surface area (TPSA) is 94.1 Å². The zero-order valence-electron chi connectivity index (χ0n) is 15.2. The fourth-order valence-electron chi connectivity index (χ4n) is 3.47. The third-order valence-electron chi connectivity index (χ3n) is 5.23. The fraction of sp³-hybridized carbons (Fsp3) is 0.350. The first-order valence-electron chi connectivity index (χ1n) is 9.42. The van der Waals surface area contributed by atoms with Crippen molar-refractivity contribution in [2.45, 2.75) is 25.3 Å². The minimum Gasteiger partial charge on any atom is -0.355 e. The molecule has 0 bridgehead atoms. The van der Waals surface area contributed by atoms with Crippen LogP contribution in [0.3, 0.4) is 0 Å².